The van der Waals surface area contributed by atoms with Crippen molar-refractivity contribution in [2.75, 3.05) is 40.0 Å². The van der Waals surface area contributed by atoms with Crippen molar-refractivity contribution in [3.63, 3.8) is 0 Å². The minimum Gasteiger partial charge on any atom is -0.381 e. The van der Waals surface area contributed by atoms with Crippen LogP contribution in [0.3, 0.4) is 0 Å². The van der Waals surface area contributed by atoms with Gasteiger partial charge in [0.1, 0.15) is 12.4 Å². The van der Waals surface area contributed by atoms with Gasteiger partial charge in [0, 0.05) is 58.7 Å². The molecule has 152 valence electrons. The first-order valence-electron chi connectivity index (χ1n) is 9.22. The third-order valence-electron chi connectivity index (χ3n) is 5.35. The van der Waals surface area contributed by atoms with Crippen molar-refractivity contribution in [3.05, 3.63) is 12.0 Å². The van der Waals surface area contributed by atoms with E-state index in [4.69, 9.17) is 9.47 Å². The number of carbonyl (C=O) groups excluding carboxylic acids is 1. The Bertz CT molecular complexity index is 753. The number of aromatic nitrogens is 2. The molecule has 1 aromatic heterocycles. The second-order valence-electron chi connectivity index (χ2n) is 7.12. The summed E-state index contributed by atoms with van der Waals surface area (Å²) in [5, 5.41) is 0.0592. The fraction of sp³-hybridized carbons (Fsp3) is 0.765. The molecule has 0 spiro atoms. The van der Waals surface area contributed by atoms with Gasteiger partial charge in [-0.3, -0.25) is 4.79 Å². The van der Waals surface area contributed by atoms with E-state index in [1.165, 1.54) is 17.6 Å². The summed E-state index contributed by atoms with van der Waals surface area (Å²) in [5.41, 5.74) is 0. The maximum atomic E-state index is 12.9. The van der Waals surface area contributed by atoms with Crippen molar-refractivity contribution in [2.45, 2.75) is 43.3 Å². The van der Waals surface area contributed by atoms with Gasteiger partial charge in [0.2, 0.25) is 5.91 Å². The first kappa shape index (κ1) is 20.2. The summed E-state index contributed by atoms with van der Waals surface area (Å²) >= 11 is 0. The molecule has 0 saturated carbocycles. The van der Waals surface area contributed by atoms with E-state index in [1.807, 2.05) is 4.90 Å². The van der Waals surface area contributed by atoms with Crippen LogP contribution >= 0.6 is 0 Å². The van der Waals surface area contributed by atoms with E-state index in [2.05, 4.69) is 4.98 Å². The summed E-state index contributed by atoms with van der Waals surface area (Å²) in [6, 6.07) is -0.0958. The molecular formula is C17H28N4O5S. The quantitative estimate of drug-likeness (QED) is 0.675. The number of sulfonamides is 1. The standard InChI is InChI=1S/C17H28N4O5S/c1-13-18-16(11-19(13)2)27(23,24)20-7-4-15(10-20)21(17(22)12-25-3)14-5-8-26-9-6-14/h11,14-15H,4-10,12H2,1-3H3. The van der Waals surface area contributed by atoms with E-state index in [9.17, 15) is 13.2 Å². The first-order chi connectivity index (χ1) is 12.8. The van der Waals surface area contributed by atoms with Crippen LogP contribution in [0.25, 0.3) is 0 Å². The molecule has 0 radical (unpaired) electrons. The number of rotatable bonds is 6. The number of hydrogen-bond acceptors (Lipinski definition) is 6. The maximum absolute atomic E-state index is 12.9. The van der Waals surface area contributed by atoms with Crippen LogP contribution in [0.2, 0.25) is 0 Å². The highest BCUT2D eigenvalue weighted by atomic mass is 32.2. The number of ether oxygens (including phenoxy) is 2. The first-order valence-corrected chi connectivity index (χ1v) is 10.7. The lowest BCUT2D eigenvalue weighted by Gasteiger charge is -2.38. The molecule has 1 atom stereocenters. The second-order valence-corrected chi connectivity index (χ2v) is 9.01. The Labute approximate surface area is 160 Å². The lowest BCUT2D eigenvalue weighted by atomic mass is 10.0. The monoisotopic (exact) mass is 400 g/mol. The minimum atomic E-state index is -3.67. The number of hydrogen-bond donors (Lipinski definition) is 0. The van der Waals surface area contributed by atoms with Gasteiger partial charge in [-0.25, -0.2) is 13.4 Å². The van der Waals surface area contributed by atoms with E-state index in [-0.39, 0.29) is 36.2 Å². The third kappa shape index (κ3) is 4.18. The zero-order chi connectivity index (χ0) is 19.6. The van der Waals surface area contributed by atoms with Crippen LogP contribution < -0.4 is 0 Å². The van der Waals surface area contributed by atoms with Crippen LogP contribution in [0, 0.1) is 6.92 Å². The third-order valence-corrected chi connectivity index (χ3v) is 7.09. The Kier molecular flexibility index (Phi) is 6.19. The number of imidazole rings is 1. The summed E-state index contributed by atoms with van der Waals surface area (Å²) in [7, 11) is -0.405. The molecule has 9 nitrogen and oxygen atoms in total. The van der Waals surface area contributed by atoms with Crippen LogP contribution in [-0.2, 0) is 31.3 Å². The maximum Gasteiger partial charge on any atom is 0.262 e. The largest absolute Gasteiger partial charge is 0.381 e. The van der Waals surface area contributed by atoms with Crippen molar-refractivity contribution in [2.24, 2.45) is 7.05 Å². The molecule has 0 aromatic carbocycles. The van der Waals surface area contributed by atoms with Crippen LogP contribution in [0.5, 0.6) is 0 Å². The number of aryl methyl sites for hydroxylation is 2. The zero-order valence-electron chi connectivity index (χ0n) is 16.1. The lowest BCUT2D eigenvalue weighted by Crippen LogP contribution is -2.51. The summed E-state index contributed by atoms with van der Waals surface area (Å²) < 4.78 is 39.5. The summed E-state index contributed by atoms with van der Waals surface area (Å²) in [4.78, 5) is 18.7. The fourth-order valence-corrected chi connectivity index (χ4v) is 5.32. The number of amides is 1. The highest BCUT2D eigenvalue weighted by molar-refractivity contribution is 7.89. The molecule has 1 aromatic rings. The van der Waals surface area contributed by atoms with E-state index in [0.717, 1.165) is 12.8 Å². The molecule has 2 fully saturated rings. The lowest BCUT2D eigenvalue weighted by molar-refractivity contribution is -0.142. The van der Waals surface area contributed by atoms with Gasteiger partial charge in [-0.2, -0.15) is 4.31 Å². The highest BCUT2D eigenvalue weighted by Crippen LogP contribution is 2.27. The normalized spacial score (nSPS) is 22.3. The Morgan fingerprint density at radius 1 is 1.33 bits per heavy atom. The molecular weight excluding hydrogens is 372 g/mol. The summed E-state index contributed by atoms with van der Waals surface area (Å²) in [6.45, 7) is 3.66. The summed E-state index contributed by atoms with van der Waals surface area (Å²) in [6.07, 6.45) is 3.67. The average molecular weight is 401 g/mol. The van der Waals surface area contributed by atoms with Gasteiger partial charge in [-0.05, 0) is 26.2 Å². The number of methoxy groups -OCH3 is 1. The molecule has 1 amide bonds. The van der Waals surface area contributed by atoms with Gasteiger partial charge in [-0.15, -0.1) is 0 Å². The predicted molar refractivity (Wildman–Crippen MR) is 97.7 cm³/mol. The molecule has 2 aliphatic rings. The topological polar surface area (TPSA) is 94.0 Å². The van der Waals surface area contributed by atoms with Crippen molar-refractivity contribution >= 4 is 15.9 Å². The molecule has 1 unspecified atom stereocenters. The van der Waals surface area contributed by atoms with E-state index in [1.54, 1.807) is 18.5 Å². The Morgan fingerprint density at radius 2 is 2.04 bits per heavy atom. The van der Waals surface area contributed by atoms with Gasteiger partial charge in [0.15, 0.2) is 5.03 Å². The van der Waals surface area contributed by atoms with Gasteiger partial charge in [-0.1, -0.05) is 0 Å². The summed E-state index contributed by atoms with van der Waals surface area (Å²) in [5.74, 6) is 0.547. The van der Waals surface area contributed by atoms with Gasteiger partial charge >= 0.3 is 0 Å². The molecule has 3 rings (SSSR count). The Balaban J connectivity index is 1.77. The molecule has 0 bridgehead atoms. The van der Waals surface area contributed by atoms with Gasteiger partial charge < -0.3 is 18.9 Å². The number of carbonyl (C=O) groups is 1. The average Bonchev–Trinajstić information content (AvgIpc) is 3.25. The molecule has 0 aliphatic carbocycles. The second kappa shape index (κ2) is 8.26. The van der Waals surface area contributed by atoms with E-state index in [0.29, 0.717) is 32.0 Å². The van der Waals surface area contributed by atoms with Crippen molar-refractivity contribution in [3.8, 4) is 0 Å². The minimum absolute atomic E-state index is 0.0000423. The van der Waals surface area contributed by atoms with Crippen LogP contribution in [-0.4, -0.2) is 85.2 Å². The van der Waals surface area contributed by atoms with Crippen LogP contribution in [0.1, 0.15) is 25.1 Å². The Morgan fingerprint density at radius 3 is 2.63 bits per heavy atom. The molecule has 27 heavy (non-hydrogen) atoms. The van der Waals surface area contributed by atoms with Crippen molar-refractivity contribution < 1.29 is 22.7 Å². The van der Waals surface area contributed by atoms with Crippen LogP contribution in [0.15, 0.2) is 11.2 Å². The van der Waals surface area contributed by atoms with Gasteiger partial charge in [0.05, 0.1) is 0 Å². The smallest absolute Gasteiger partial charge is 0.262 e. The molecule has 2 saturated heterocycles. The van der Waals surface area contributed by atoms with E-state index < -0.39 is 10.0 Å². The van der Waals surface area contributed by atoms with E-state index >= 15 is 0 Å². The zero-order valence-corrected chi connectivity index (χ0v) is 16.9. The molecule has 3 heterocycles. The molecule has 0 N–H and O–H groups in total. The Hall–Kier alpha value is -1.49. The highest BCUT2D eigenvalue weighted by Gasteiger charge is 2.40. The van der Waals surface area contributed by atoms with Crippen molar-refractivity contribution in [1.82, 2.24) is 18.8 Å². The molecule has 2 aliphatic heterocycles. The fourth-order valence-electron chi connectivity index (χ4n) is 3.81. The van der Waals surface area contributed by atoms with Gasteiger partial charge in [0.25, 0.3) is 10.0 Å². The number of nitrogens with zero attached hydrogens (tertiary/aromatic N) is 4. The van der Waals surface area contributed by atoms with Crippen LogP contribution in [0.4, 0.5) is 0 Å². The SMILES string of the molecule is COCC(=O)N(C1CCOCC1)C1CCN(S(=O)(=O)c2cn(C)c(C)n2)C1. The molecule has 10 heteroatoms. The van der Waals surface area contributed by atoms with Crippen molar-refractivity contribution in [1.29, 1.82) is 0 Å². The predicted octanol–water partition coefficient (Wildman–Crippen LogP) is 0.146.